The molecule has 3 aromatic rings. The van der Waals surface area contributed by atoms with Crippen LogP contribution in [-0.2, 0) is 17.6 Å². The highest BCUT2D eigenvalue weighted by molar-refractivity contribution is 5.78. The minimum Gasteiger partial charge on any atom is -0.497 e. The molecule has 0 spiro atoms. The summed E-state index contributed by atoms with van der Waals surface area (Å²) in [4.78, 5) is 20.2. The number of carbonyl (C=O) groups is 1. The lowest BCUT2D eigenvalue weighted by Gasteiger charge is -2.12. The van der Waals surface area contributed by atoms with Crippen molar-refractivity contribution >= 4 is 5.97 Å². The molecule has 0 bridgehead atoms. The number of halogens is 1. The van der Waals surface area contributed by atoms with E-state index < -0.39 is 11.8 Å². The second-order valence-electron chi connectivity index (χ2n) is 7.09. The number of carboxylic acid groups (broad SMARTS) is 1. The highest BCUT2D eigenvalue weighted by Crippen LogP contribution is 2.31. The second-order valence-corrected chi connectivity index (χ2v) is 7.09. The Morgan fingerprint density at radius 3 is 2.43 bits per heavy atom. The number of rotatable bonds is 9. The van der Waals surface area contributed by atoms with Gasteiger partial charge in [0.2, 0.25) is 0 Å². The van der Waals surface area contributed by atoms with Crippen molar-refractivity contribution in [2.24, 2.45) is 0 Å². The van der Waals surface area contributed by atoms with E-state index in [0.29, 0.717) is 22.5 Å². The smallest absolute Gasteiger partial charge is 0.303 e. The molecule has 0 aliphatic heterocycles. The number of aromatic nitrogens is 2. The maximum atomic E-state index is 14.7. The first-order valence-corrected chi connectivity index (χ1v) is 10.0. The summed E-state index contributed by atoms with van der Waals surface area (Å²) in [6.45, 7) is 2.12. The van der Waals surface area contributed by atoms with Crippen LogP contribution in [0.25, 0.3) is 22.5 Å². The van der Waals surface area contributed by atoms with Gasteiger partial charge in [0.25, 0.3) is 0 Å². The van der Waals surface area contributed by atoms with Gasteiger partial charge in [-0.3, -0.25) is 9.78 Å². The first kappa shape index (κ1) is 21.4. The summed E-state index contributed by atoms with van der Waals surface area (Å²) in [7, 11) is 1.61. The van der Waals surface area contributed by atoms with Crippen LogP contribution in [0.3, 0.4) is 0 Å². The molecule has 6 heteroatoms. The SMILES string of the molecule is CCCCc1cnc(-c2ccc(OC)cc2)c(-c2ccc(CCC(=O)O)c(F)c2)n1. The molecule has 5 nitrogen and oxygen atoms in total. The van der Waals surface area contributed by atoms with Gasteiger partial charge in [-0.15, -0.1) is 0 Å². The number of carboxylic acids is 1. The Labute approximate surface area is 175 Å². The largest absolute Gasteiger partial charge is 0.497 e. The van der Waals surface area contributed by atoms with Crippen molar-refractivity contribution < 1.29 is 19.0 Å². The molecule has 0 atom stereocenters. The zero-order valence-corrected chi connectivity index (χ0v) is 17.2. The second kappa shape index (κ2) is 9.96. The van der Waals surface area contributed by atoms with Crippen molar-refractivity contribution in [1.82, 2.24) is 9.97 Å². The van der Waals surface area contributed by atoms with Crippen molar-refractivity contribution in [3.8, 4) is 28.3 Å². The van der Waals surface area contributed by atoms with Crippen molar-refractivity contribution in [2.45, 2.75) is 39.0 Å². The van der Waals surface area contributed by atoms with Crippen molar-refractivity contribution in [1.29, 1.82) is 0 Å². The normalized spacial score (nSPS) is 10.8. The van der Waals surface area contributed by atoms with Crippen LogP contribution in [0.15, 0.2) is 48.7 Å². The number of nitrogens with zero attached hydrogens (tertiary/aromatic N) is 2. The summed E-state index contributed by atoms with van der Waals surface area (Å²) < 4.78 is 19.9. The maximum absolute atomic E-state index is 14.7. The van der Waals surface area contributed by atoms with E-state index in [-0.39, 0.29) is 12.8 Å². The number of aliphatic carboxylic acids is 1. The molecule has 0 fully saturated rings. The number of ether oxygens (including phenoxy) is 1. The Hall–Kier alpha value is -3.28. The van der Waals surface area contributed by atoms with E-state index in [1.165, 1.54) is 6.07 Å². The summed E-state index contributed by atoms with van der Waals surface area (Å²) in [6.07, 6.45) is 4.66. The fourth-order valence-electron chi connectivity index (χ4n) is 3.20. The molecule has 0 radical (unpaired) electrons. The van der Waals surface area contributed by atoms with E-state index in [0.717, 1.165) is 36.3 Å². The predicted octanol–water partition coefficient (Wildman–Crippen LogP) is 5.32. The van der Waals surface area contributed by atoms with Crippen molar-refractivity contribution in [3.05, 3.63) is 65.7 Å². The zero-order chi connectivity index (χ0) is 21.5. The average Bonchev–Trinajstić information content (AvgIpc) is 2.76. The third-order valence-corrected chi connectivity index (χ3v) is 4.91. The van der Waals surface area contributed by atoms with E-state index in [9.17, 15) is 9.18 Å². The fraction of sp³-hybridized carbons (Fsp3) is 0.292. The summed E-state index contributed by atoms with van der Waals surface area (Å²) in [5.41, 5.74) is 3.98. The zero-order valence-electron chi connectivity index (χ0n) is 17.2. The summed E-state index contributed by atoms with van der Waals surface area (Å²) in [5.74, 6) is -0.647. The minimum atomic E-state index is -0.949. The standard InChI is InChI=1S/C24H25FN2O3/c1-3-4-5-19-15-26-23(17-8-11-20(30-2)12-9-17)24(27-19)18-7-6-16(21(25)14-18)10-13-22(28)29/h6-9,11-12,14-15H,3-5,10,13H2,1-2H3,(H,28,29). The van der Waals surface area contributed by atoms with Crippen LogP contribution in [0.2, 0.25) is 0 Å². The Bertz CT molecular complexity index is 1020. The third kappa shape index (κ3) is 5.20. The van der Waals surface area contributed by atoms with E-state index >= 15 is 0 Å². The van der Waals surface area contributed by atoms with Gasteiger partial charge in [-0.25, -0.2) is 9.37 Å². The van der Waals surface area contributed by atoms with Gasteiger partial charge in [0, 0.05) is 23.7 Å². The van der Waals surface area contributed by atoms with Gasteiger partial charge in [0.1, 0.15) is 11.6 Å². The van der Waals surface area contributed by atoms with Gasteiger partial charge in [-0.1, -0.05) is 25.5 Å². The summed E-state index contributed by atoms with van der Waals surface area (Å²) in [6, 6.07) is 12.3. The van der Waals surface area contributed by atoms with Gasteiger partial charge < -0.3 is 9.84 Å². The van der Waals surface area contributed by atoms with Crippen LogP contribution in [0.1, 0.15) is 37.4 Å². The lowest BCUT2D eigenvalue weighted by Crippen LogP contribution is -2.01. The first-order chi connectivity index (χ1) is 14.5. The van der Waals surface area contributed by atoms with Gasteiger partial charge in [-0.05, 0) is 55.2 Å². The van der Waals surface area contributed by atoms with Crippen LogP contribution in [-0.4, -0.2) is 28.2 Å². The molecule has 1 aromatic heterocycles. The number of aryl methyl sites for hydroxylation is 2. The van der Waals surface area contributed by atoms with Gasteiger partial charge in [-0.2, -0.15) is 0 Å². The number of methoxy groups -OCH3 is 1. The minimum absolute atomic E-state index is 0.111. The molecule has 0 saturated carbocycles. The molecule has 0 saturated heterocycles. The van der Waals surface area contributed by atoms with Gasteiger partial charge >= 0.3 is 5.97 Å². The van der Waals surface area contributed by atoms with E-state index in [2.05, 4.69) is 11.9 Å². The van der Waals surface area contributed by atoms with Crippen LogP contribution in [0, 0.1) is 5.82 Å². The Balaban J connectivity index is 2.03. The summed E-state index contributed by atoms with van der Waals surface area (Å²) >= 11 is 0. The topological polar surface area (TPSA) is 72.3 Å². The molecule has 0 aliphatic carbocycles. The summed E-state index contributed by atoms with van der Waals surface area (Å²) in [5, 5.41) is 8.85. The van der Waals surface area contributed by atoms with E-state index in [4.69, 9.17) is 14.8 Å². The average molecular weight is 408 g/mol. The molecule has 156 valence electrons. The monoisotopic (exact) mass is 408 g/mol. The van der Waals surface area contributed by atoms with E-state index in [1.807, 2.05) is 24.3 Å². The predicted molar refractivity (Wildman–Crippen MR) is 114 cm³/mol. The molecular formula is C24H25FN2O3. The fourth-order valence-corrected chi connectivity index (χ4v) is 3.20. The van der Waals surface area contributed by atoms with Gasteiger partial charge in [0.05, 0.1) is 24.2 Å². The third-order valence-electron chi connectivity index (χ3n) is 4.91. The number of hydrogen-bond acceptors (Lipinski definition) is 4. The molecule has 1 N–H and O–H groups in total. The van der Waals surface area contributed by atoms with Gasteiger partial charge in [0.15, 0.2) is 0 Å². The highest BCUT2D eigenvalue weighted by atomic mass is 19.1. The molecule has 2 aromatic carbocycles. The van der Waals surface area contributed by atoms with Crippen LogP contribution >= 0.6 is 0 Å². The number of benzene rings is 2. The Kier molecular flexibility index (Phi) is 7.12. The lowest BCUT2D eigenvalue weighted by molar-refractivity contribution is -0.136. The quantitative estimate of drug-likeness (QED) is 0.519. The molecular weight excluding hydrogens is 383 g/mol. The van der Waals surface area contributed by atoms with Crippen molar-refractivity contribution in [3.63, 3.8) is 0 Å². The maximum Gasteiger partial charge on any atom is 0.303 e. The van der Waals surface area contributed by atoms with Crippen LogP contribution in [0.5, 0.6) is 5.75 Å². The van der Waals surface area contributed by atoms with E-state index in [1.54, 1.807) is 25.4 Å². The molecule has 0 aliphatic rings. The molecule has 0 unspecified atom stereocenters. The number of unbranched alkanes of at least 4 members (excludes halogenated alkanes) is 1. The highest BCUT2D eigenvalue weighted by Gasteiger charge is 2.15. The van der Waals surface area contributed by atoms with Crippen LogP contribution in [0.4, 0.5) is 4.39 Å². The first-order valence-electron chi connectivity index (χ1n) is 10.0. The molecule has 0 amide bonds. The Morgan fingerprint density at radius 2 is 1.80 bits per heavy atom. The molecule has 3 rings (SSSR count). The molecule has 30 heavy (non-hydrogen) atoms. The van der Waals surface area contributed by atoms with Crippen LogP contribution < -0.4 is 4.74 Å². The lowest BCUT2D eigenvalue weighted by atomic mass is 10.0. The van der Waals surface area contributed by atoms with Crippen molar-refractivity contribution in [2.75, 3.05) is 7.11 Å². The Morgan fingerprint density at radius 1 is 1.07 bits per heavy atom. The number of hydrogen-bond donors (Lipinski definition) is 1. The molecule has 1 heterocycles.